The van der Waals surface area contributed by atoms with Crippen molar-refractivity contribution in [1.82, 2.24) is 4.90 Å². The van der Waals surface area contributed by atoms with Crippen LogP contribution in [0.3, 0.4) is 0 Å². The van der Waals surface area contributed by atoms with Gasteiger partial charge in [-0.05, 0) is 18.4 Å². The van der Waals surface area contributed by atoms with E-state index < -0.39 is 0 Å². The molecule has 1 spiro atoms. The maximum atomic E-state index is 13.0. The quantitative estimate of drug-likeness (QED) is 0.628. The van der Waals surface area contributed by atoms with Gasteiger partial charge < -0.3 is 10.1 Å². The molecule has 0 bridgehead atoms. The van der Waals surface area contributed by atoms with Gasteiger partial charge in [0.2, 0.25) is 0 Å². The summed E-state index contributed by atoms with van der Waals surface area (Å²) in [5.41, 5.74) is 2.06. The highest BCUT2D eigenvalue weighted by Gasteiger charge is 2.54. The monoisotopic (exact) mass is 322 g/mol. The third kappa shape index (κ3) is 2.46. The number of rotatable bonds is 2. The zero-order valence-corrected chi connectivity index (χ0v) is 13.7. The van der Waals surface area contributed by atoms with Gasteiger partial charge in [0.1, 0.15) is 0 Å². The molecule has 0 radical (unpaired) electrons. The number of carbonyl (C=O) groups excluding carboxylic acids is 1. The Morgan fingerprint density at radius 3 is 2.38 bits per heavy atom. The van der Waals surface area contributed by atoms with Gasteiger partial charge in [-0.25, -0.2) is 0 Å². The van der Waals surface area contributed by atoms with E-state index in [4.69, 9.17) is 0 Å². The van der Waals surface area contributed by atoms with Crippen LogP contribution < -0.4 is 4.73 Å². The molecule has 2 aliphatic rings. The van der Waals surface area contributed by atoms with E-state index in [9.17, 15) is 10.0 Å². The fourth-order valence-electron chi connectivity index (χ4n) is 4.50. The summed E-state index contributed by atoms with van der Waals surface area (Å²) in [4.78, 5) is 15.0. The highest BCUT2D eigenvalue weighted by molar-refractivity contribution is 5.95. The highest BCUT2D eigenvalue weighted by Crippen LogP contribution is 2.57. The molecule has 1 aromatic carbocycles. The van der Waals surface area contributed by atoms with Crippen LogP contribution in [0.25, 0.3) is 0 Å². The minimum atomic E-state index is 0.0284. The van der Waals surface area contributed by atoms with E-state index in [2.05, 4.69) is 24.3 Å². The van der Waals surface area contributed by atoms with Gasteiger partial charge in [0.05, 0.1) is 11.6 Å². The smallest absolute Gasteiger partial charge is 0.254 e. The number of carbonyl (C=O) groups is 1. The lowest BCUT2D eigenvalue weighted by atomic mass is 9.61. The average Bonchev–Trinajstić information content (AvgIpc) is 2.62. The molecule has 124 valence electrons. The van der Waals surface area contributed by atoms with Gasteiger partial charge in [0, 0.05) is 24.1 Å². The fourth-order valence-corrected chi connectivity index (χ4v) is 4.50. The van der Waals surface area contributed by atoms with E-state index >= 15 is 0 Å². The van der Waals surface area contributed by atoms with Crippen LogP contribution in [-0.2, 0) is 0 Å². The number of amides is 1. The van der Waals surface area contributed by atoms with Crippen molar-refractivity contribution in [1.29, 1.82) is 0 Å². The zero-order chi connectivity index (χ0) is 16.6. The largest absolute Gasteiger partial charge is 0.619 e. The lowest BCUT2D eigenvalue weighted by molar-refractivity contribution is -0.605. The molecule has 24 heavy (non-hydrogen) atoms. The topological polar surface area (TPSA) is 47.2 Å². The van der Waals surface area contributed by atoms with Crippen LogP contribution in [-0.4, -0.2) is 17.4 Å². The van der Waals surface area contributed by atoms with Crippen molar-refractivity contribution in [3.05, 3.63) is 71.2 Å². The Morgan fingerprint density at radius 2 is 1.71 bits per heavy atom. The summed E-state index contributed by atoms with van der Waals surface area (Å²) in [6, 6.07) is 13.8. The van der Waals surface area contributed by atoms with Crippen molar-refractivity contribution in [3.8, 4) is 0 Å². The van der Waals surface area contributed by atoms with Crippen LogP contribution in [0.4, 0.5) is 0 Å². The first-order valence-corrected chi connectivity index (χ1v) is 8.74. The number of pyridine rings is 1. The Hall–Kier alpha value is -2.36. The third-order valence-corrected chi connectivity index (χ3v) is 5.65. The summed E-state index contributed by atoms with van der Waals surface area (Å²) in [5, 5.41) is 11.2. The second-order valence-corrected chi connectivity index (χ2v) is 7.12. The van der Waals surface area contributed by atoms with Gasteiger partial charge in [-0.2, -0.15) is 4.73 Å². The number of benzene rings is 1. The Labute approximate surface area is 142 Å². The fraction of sp³-hybridized carbons (Fsp3) is 0.400. The molecule has 1 aliphatic carbocycles. The van der Waals surface area contributed by atoms with Crippen molar-refractivity contribution >= 4 is 5.91 Å². The van der Waals surface area contributed by atoms with Gasteiger partial charge >= 0.3 is 0 Å². The SMILES string of the molecule is O=C(c1cc[n+]([O-])cc1)N1CC2(CCCCC2)[C@H]1c1ccccc1. The molecule has 1 saturated heterocycles. The predicted molar refractivity (Wildman–Crippen MR) is 91.1 cm³/mol. The minimum Gasteiger partial charge on any atom is -0.619 e. The molecule has 1 aromatic heterocycles. The molecular formula is C20H22N2O2. The Balaban J connectivity index is 1.65. The maximum Gasteiger partial charge on any atom is 0.254 e. The molecule has 4 rings (SSSR count). The predicted octanol–water partition coefficient (Wildman–Crippen LogP) is 3.47. The molecule has 2 aromatic rings. The molecule has 2 heterocycles. The van der Waals surface area contributed by atoms with Crippen LogP contribution >= 0.6 is 0 Å². The Bertz CT molecular complexity index is 721. The lowest BCUT2D eigenvalue weighted by Crippen LogP contribution is -2.61. The first-order chi connectivity index (χ1) is 11.7. The number of hydrogen-bond donors (Lipinski definition) is 0. The molecule has 1 amide bonds. The molecule has 0 N–H and O–H groups in total. The second kappa shape index (κ2) is 5.93. The van der Waals surface area contributed by atoms with Gasteiger partial charge in [0.15, 0.2) is 12.4 Å². The normalized spacial score (nSPS) is 22.2. The minimum absolute atomic E-state index is 0.0284. The van der Waals surface area contributed by atoms with Crippen LogP contribution in [0.15, 0.2) is 54.9 Å². The van der Waals surface area contributed by atoms with Crippen molar-refractivity contribution in [3.63, 3.8) is 0 Å². The number of hydrogen-bond acceptors (Lipinski definition) is 2. The molecule has 4 nitrogen and oxygen atoms in total. The second-order valence-electron chi connectivity index (χ2n) is 7.12. The average molecular weight is 322 g/mol. The molecule has 1 saturated carbocycles. The van der Waals surface area contributed by atoms with Crippen LogP contribution in [0.1, 0.15) is 54.1 Å². The molecule has 2 fully saturated rings. The van der Waals surface area contributed by atoms with Crippen molar-refractivity contribution < 1.29 is 9.52 Å². The summed E-state index contributed by atoms with van der Waals surface area (Å²) < 4.78 is 0.712. The van der Waals surface area contributed by atoms with Gasteiger partial charge in [0.25, 0.3) is 5.91 Å². The van der Waals surface area contributed by atoms with E-state index in [1.807, 2.05) is 11.0 Å². The van der Waals surface area contributed by atoms with E-state index in [0.29, 0.717) is 10.3 Å². The third-order valence-electron chi connectivity index (χ3n) is 5.65. The highest BCUT2D eigenvalue weighted by atomic mass is 16.5. The standard InChI is InChI=1S/C20H22N2O2/c23-19(17-9-13-21(24)14-10-17)22-15-20(11-5-2-6-12-20)18(22)16-7-3-1-4-8-16/h1,3-4,7-10,13-14,18H,2,5-6,11-12,15H2/t18-/m1/s1. The van der Waals surface area contributed by atoms with Gasteiger partial charge in [-0.15, -0.1) is 0 Å². The summed E-state index contributed by atoms with van der Waals surface area (Å²) in [7, 11) is 0. The number of nitrogens with zero attached hydrogens (tertiary/aromatic N) is 2. The van der Waals surface area contributed by atoms with Crippen LogP contribution in [0.2, 0.25) is 0 Å². The van der Waals surface area contributed by atoms with Crippen molar-refractivity contribution in [2.45, 2.75) is 38.1 Å². The van der Waals surface area contributed by atoms with Gasteiger partial charge in [-0.3, -0.25) is 4.79 Å². The molecule has 1 aliphatic heterocycles. The van der Waals surface area contributed by atoms with Crippen molar-refractivity contribution in [2.24, 2.45) is 5.41 Å². The summed E-state index contributed by atoms with van der Waals surface area (Å²) >= 11 is 0. The Morgan fingerprint density at radius 1 is 1.04 bits per heavy atom. The molecular weight excluding hydrogens is 300 g/mol. The molecule has 1 atom stereocenters. The van der Waals surface area contributed by atoms with E-state index in [-0.39, 0.29) is 17.4 Å². The molecule has 0 unspecified atom stereocenters. The molecule has 4 heteroatoms. The first-order valence-electron chi connectivity index (χ1n) is 8.74. The van der Waals surface area contributed by atoms with E-state index in [0.717, 1.165) is 6.54 Å². The summed E-state index contributed by atoms with van der Waals surface area (Å²) in [5.74, 6) is 0.0284. The van der Waals surface area contributed by atoms with Gasteiger partial charge in [-0.1, -0.05) is 49.6 Å². The zero-order valence-electron chi connectivity index (χ0n) is 13.7. The van der Waals surface area contributed by atoms with Crippen molar-refractivity contribution in [2.75, 3.05) is 6.54 Å². The summed E-state index contributed by atoms with van der Waals surface area (Å²) in [6.45, 7) is 0.831. The Kier molecular flexibility index (Phi) is 3.75. The number of aromatic nitrogens is 1. The summed E-state index contributed by atoms with van der Waals surface area (Å²) in [6.07, 6.45) is 9.00. The first kappa shape index (κ1) is 15.2. The van der Waals surface area contributed by atoms with Crippen LogP contribution in [0, 0.1) is 10.6 Å². The lowest BCUT2D eigenvalue weighted by Gasteiger charge is -2.59. The van der Waals surface area contributed by atoms with Crippen LogP contribution in [0.5, 0.6) is 0 Å². The maximum absolute atomic E-state index is 13.0. The van der Waals surface area contributed by atoms with E-state index in [1.54, 1.807) is 12.1 Å². The number of likely N-dealkylation sites (tertiary alicyclic amines) is 1. The van der Waals surface area contributed by atoms with E-state index in [1.165, 1.54) is 50.1 Å².